The van der Waals surface area contributed by atoms with Gasteiger partial charge in [-0.3, -0.25) is 19.3 Å². The highest BCUT2D eigenvalue weighted by Gasteiger charge is 2.33. The van der Waals surface area contributed by atoms with Gasteiger partial charge in [-0.25, -0.2) is 0 Å². The van der Waals surface area contributed by atoms with E-state index < -0.39 is 24.3 Å². The van der Waals surface area contributed by atoms with Crippen LogP contribution in [0.5, 0.6) is 11.5 Å². The van der Waals surface area contributed by atoms with Gasteiger partial charge in [-0.15, -0.1) is 0 Å². The zero-order chi connectivity index (χ0) is 20.5. The Morgan fingerprint density at radius 3 is 2.17 bits per heavy atom. The van der Waals surface area contributed by atoms with Gasteiger partial charge in [0.25, 0.3) is 11.8 Å². The summed E-state index contributed by atoms with van der Waals surface area (Å²) in [6.07, 6.45) is 0. The molecule has 1 heterocycles. The van der Waals surface area contributed by atoms with Crippen molar-refractivity contribution >= 4 is 34.2 Å². The third-order valence-electron chi connectivity index (χ3n) is 4.84. The minimum atomic E-state index is -0.512. The molecule has 1 aliphatic rings. The number of nitrogens with one attached hydrogen (secondary N) is 1. The second-order valence-corrected chi connectivity index (χ2v) is 6.52. The van der Waals surface area contributed by atoms with Crippen LogP contribution in [0.3, 0.4) is 0 Å². The molecule has 0 spiro atoms. The second-order valence-electron chi connectivity index (χ2n) is 6.52. The second kappa shape index (κ2) is 7.27. The number of amides is 3. The Kier molecular flexibility index (Phi) is 4.64. The first-order valence-electron chi connectivity index (χ1n) is 8.93. The minimum absolute atomic E-state index is 0.405. The summed E-state index contributed by atoms with van der Waals surface area (Å²) in [5, 5.41) is 4.12. The van der Waals surface area contributed by atoms with Gasteiger partial charge >= 0.3 is 0 Å². The maximum atomic E-state index is 12.9. The maximum Gasteiger partial charge on any atom is 0.261 e. The molecule has 3 aromatic rings. The van der Waals surface area contributed by atoms with E-state index in [0.717, 1.165) is 10.3 Å². The Balaban J connectivity index is 1.60. The van der Waals surface area contributed by atoms with E-state index in [4.69, 9.17) is 9.47 Å². The number of rotatable bonds is 5. The van der Waals surface area contributed by atoms with Crippen LogP contribution in [0.15, 0.2) is 54.6 Å². The molecule has 4 rings (SSSR count). The Bertz CT molecular complexity index is 1100. The van der Waals surface area contributed by atoms with Gasteiger partial charge in [0.05, 0.1) is 19.9 Å². The van der Waals surface area contributed by atoms with E-state index in [1.807, 2.05) is 12.1 Å². The number of carbonyl (C=O) groups is 3. The van der Waals surface area contributed by atoms with Crippen LogP contribution in [0.25, 0.3) is 10.8 Å². The van der Waals surface area contributed by atoms with E-state index in [1.54, 1.807) is 42.5 Å². The number of hydrogen-bond donors (Lipinski definition) is 1. The number of methoxy groups -OCH3 is 2. The third-order valence-corrected chi connectivity index (χ3v) is 4.84. The molecule has 0 unspecified atom stereocenters. The maximum absolute atomic E-state index is 12.9. The van der Waals surface area contributed by atoms with Crippen molar-refractivity contribution in [3.63, 3.8) is 0 Å². The van der Waals surface area contributed by atoms with Crippen molar-refractivity contribution in [1.29, 1.82) is 0 Å². The van der Waals surface area contributed by atoms with Crippen LogP contribution in [-0.4, -0.2) is 43.4 Å². The molecule has 1 aliphatic heterocycles. The highest BCUT2D eigenvalue weighted by Crippen LogP contribution is 2.31. The summed E-state index contributed by atoms with van der Waals surface area (Å²) in [4.78, 5) is 39.3. The fourth-order valence-electron chi connectivity index (χ4n) is 3.46. The molecule has 0 radical (unpaired) electrons. The molecule has 0 bridgehead atoms. The van der Waals surface area contributed by atoms with Crippen LogP contribution >= 0.6 is 0 Å². The van der Waals surface area contributed by atoms with Gasteiger partial charge in [-0.1, -0.05) is 24.3 Å². The third kappa shape index (κ3) is 3.16. The number of ether oxygens (including phenoxy) is 2. The van der Waals surface area contributed by atoms with Gasteiger partial charge < -0.3 is 14.8 Å². The molecule has 0 saturated carbocycles. The predicted octanol–water partition coefficient (Wildman–Crippen LogP) is 3.09. The Morgan fingerprint density at radius 1 is 0.931 bits per heavy atom. The monoisotopic (exact) mass is 390 g/mol. The Hall–Kier alpha value is -3.87. The van der Waals surface area contributed by atoms with Crippen LogP contribution in [-0.2, 0) is 4.79 Å². The first kappa shape index (κ1) is 18.5. The highest BCUT2D eigenvalue weighted by molar-refractivity contribution is 6.26. The smallest absolute Gasteiger partial charge is 0.261 e. The van der Waals surface area contributed by atoms with E-state index in [9.17, 15) is 14.4 Å². The van der Waals surface area contributed by atoms with Crippen LogP contribution < -0.4 is 14.8 Å². The number of hydrogen-bond acceptors (Lipinski definition) is 5. The average molecular weight is 390 g/mol. The molecule has 0 saturated heterocycles. The van der Waals surface area contributed by atoms with E-state index >= 15 is 0 Å². The Labute approximate surface area is 166 Å². The van der Waals surface area contributed by atoms with E-state index in [-0.39, 0.29) is 0 Å². The van der Waals surface area contributed by atoms with Crippen LogP contribution in [0.1, 0.15) is 20.7 Å². The van der Waals surface area contributed by atoms with Crippen molar-refractivity contribution < 1.29 is 23.9 Å². The molecule has 0 atom stereocenters. The average Bonchev–Trinajstić information content (AvgIpc) is 2.75. The zero-order valence-corrected chi connectivity index (χ0v) is 15.9. The van der Waals surface area contributed by atoms with Gasteiger partial charge in [0, 0.05) is 22.6 Å². The highest BCUT2D eigenvalue weighted by atomic mass is 16.5. The van der Waals surface area contributed by atoms with Gasteiger partial charge in [-0.05, 0) is 29.7 Å². The lowest BCUT2D eigenvalue weighted by atomic mass is 9.94. The molecule has 0 aliphatic carbocycles. The van der Waals surface area contributed by atoms with E-state index in [2.05, 4.69) is 5.32 Å². The first-order valence-corrected chi connectivity index (χ1v) is 8.93. The summed E-state index contributed by atoms with van der Waals surface area (Å²) in [7, 11) is 3.00. The lowest BCUT2D eigenvalue weighted by Gasteiger charge is -2.26. The van der Waals surface area contributed by atoms with Crippen molar-refractivity contribution in [2.24, 2.45) is 0 Å². The largest absolute Gasteiger partial charge is 0.497 e. The van der Waals surface area contributed by atoms with Gasteiger partial charge in [-0.2, -0.15) is 0 Å². The van der Waals surface area contributed by atoms with E-state index in [1.165, 1.54) is 14.2 Å². The Morgan fingerprint density at radius 2 is 1.59 bits per heavy atom. The predicted molar refractivity (Wildman–Crippen MR) is 107 cm³/mol. The fourth-order valence-corrected chi connectivity index (χ4v) is 3.46. The lowest BCUT2D eigenvalue weighted by Crippen LogP contribution is -2.44. The summed E-state index contributed by atoms with van der Waals surface area (Å²) >= 11 is 0. The topological polar surface area (TPSA) is 84.9 Å². The lowest BCUT2D eigenvalue weighted by molar-refractivity contribution is -0.116. The molecule has 7 heteroatoms. The number of carbonyl (C=O) groups excluding carboxylic acids is 3. The number of anilines is 1. The van der Waals surface area contributed by atoms with Crippen molar-refractivity contribution in [2.75, 3.05) is 26.1 Å². The first-order chi connectivity index (χ1) is 14.0. The van der Waals surface area contributed by atoms with Crippen molar-refractivity contribution in [3.8, 4) is 11.5 Å². The van der Waals surface area contributed by atoms with Gasteiger partial charge in [0.15, 0.2) is 0 Å². The molecule has 146 valence electrons. The summed E-state index contributed by atoms with van der Waals surface area (Å²) in [6, 6.07) is 15.5. The van der Waals surface area contributed by atoms with Crippen LogP contribution in [0.4, 0.5) is 5.69 Å². The molecular formula is C22H18N2O5. The molecular weight excluding hydrogens is 372 g/mol. The number of nitrogens with zero attached hydrogens (tertiary/aromatic N) is 1. The molecule has 3 amide bonds. The standard InChI is InChI=1S/C22H18N2O5/c1-28-14-9-10-17(18(11-14)29-2)23-19(25)12-24-21(26)15-7-3-5-13-6-4-8-16(20(13)15)22(24)27/h3-11H,12H2,1-2H3,(H,23,25). The number of imide groups is 1. The molecule has 3 aromatic carbocycles. The molecule has 1 N–H and O–H groups in total. The fraction of sp³-hybridized carbons (Fsp3) is 0.136. The molecule has 0 fully saturated rings. The van der Waals surface area contributed by atoms with Crippen molar-refractivity contribution in [3.05, 3.63) is 65.7 Å². The van der Waals surface area contributed by atoms with Gasteiger partial charge in [0.2, 0.25) is 5.91 Å². The van der Waals surface area contributed by atoms with Crippen LogP contribution in [0, 0.1) is 0 Å². The van der Waals surface area contributed by atoms with Crippen LogP contribution in [0.2, 0.25) is 0 Å². The zero-order valence-electron chi connectivity index (χ0n) is 15.9. The summed E-state index contributed by atoms with van der Waals surface area (Å²) in [5.41, 5.74) is 1.23. The summed E-state index contributed by atoms with van der Waals surface area (Å²) in [5.74, 6) is -0.510. The SMILES string of the molecule is COc1ccc(NC(=O)CN2C(=O)c3cccc4cccc(c34)C2=O)c(OC)c1. The van der Waals surface area contributed by atoms with E-state index in [0.29, 0.717) is 33.7 Å². The minimum Gasteiger partial charge on any atom is -0.497 e. The van der Waals surface area contributed by atoms with Crippen molar-refractivity contribution in [1.82, 2.24) is 4.90 Å². The molecule has 29 heavy (non-hydrogen) atoms. The normalized spacial score (nSPS) is 12.8. The molecule has 7 nitrogen and oxygen atoms in total. The van der Waals surface area contributed by atoms with Gasteiger partial charge in [0.1, 0.15) is 18.0 Å². The quantitative estimate of drug-likeness (QED) is 0.677. The summed E-state index contributed by atoms with van der Waals surface area (Å²) in [6.45, 7) is -0.405. The summed E-state index contributed by atoms with van der Waals surface area (Å²) < 4.78 is 10.4. The molecule has 0 aromatic heterocycles. The van der Waals surface area contributed by atoms with Crippen molar-refractivity contribution in [2.45, 2.75) is 0 Å². The number of benzene rings is 3.